The van der Waals surface area contributed by atoms with Gasteiger partial charge in [0.15, 0.2) is 0 Å². The van der Waals surface area contributed by atoms with Gasteiger partial charge in [-0.05, 0) is 54.9 Å². The molecule has 0 bridgehead atoms. The lowest BCUT2D eigenvalue weighted by atomic mass is 9.95. The van der Waals surface area contributed by atoms with Crippen LogP contribution in [-0.2, 0) is 33.3 Å². The van der Waals surface area contributed by atoms with Gasteiger partial charge >= 0.3 is 24.1 Å². The Bertz CT molecular complexity index is 615. The predicted octanol–water partition coefficient (Wildman–Crippen LogP) is 2.47. The van der Waals surface area contributed by atoms with Crippen molar-refractivity contribution in [2.45, 2.75) is 72.1 Å². The van der Waals surface area contributed by atoms with Crippen LogP contribution in [0.5, 0.6) is 0 Å². The number of carbonyl (C=O) groups excluding carboxylic acids is 5. The summed E-state index contributed by atoms with van der Waals surface area (Å²) in [5, 5.41) is 0. The van der Waals surface area contributed by atoms with Gasteiger partial charge in [0.2, 0.25) is 0 Å². The average molecular weight is 417 g/mol. The molecule has 29 heavy (non-hydrogen) atoms. The number of carbonyl (C=O) groups is 5. The highest BCUT2D eigenvalue weighted by atomic mass is 16.6. The number of methoxy groups -OCH3 is 2. The molecule has 10 heteroatoms. The third kappa shape index (κ3) is 8.93. The molecule has 0 N–H and O–H groups in total. The Morgan fingerprint density at radius 1 is 0.759 bits per heavy atom. The number of rotatable bonds is 6. The van der Waals surface area contributed by atoms with Gasteiger partial charge in [-0.15, -0.1) is 0 Å². The number of ketones is 1. The topological polar surface area (TPSA) is 126 Å². The van der Waals surface area contributed by atoms with Crippen molar-refractivity contribution in [1.29, 1.82) is 0 Å². The highest BCUT2D eigenvalue weighted by Crippen LogP contribution is 2.22. The Balaban J connectivity index is 6.23. The minimum Gasteiger partial charge on any atom is -0.468 e. The molecule has 0 radical (unpaired) electrons. The summed E-state index contributed by atoms with van der Waals surface area (Å²) >= 11 is 0. The van der Waals surface area contributed by atoms with Crippen molar-refractivity contribution in [3.8, 4) is 0 Å². The van der Waals surface area contributed by atoms with Crippen LogP contribution in [-0.4, -0.2) is 66.3 Å². The number of ether oxygens (including phenoxy) is 4. The lowest BCUT2D eigenvalue weighted by molar-refractivity contribution is -0.152. The minimum absolute atomic E-state index is 0.418. The van der Waals surface area contributed by atoms with Crippen molar-refractivity contribution in [2.75, 3.05) is 14.2 Å². The number of esters is 2. The van der Waals surface area contributed by atoms with E-state index in [0.29, 0.717) is 4.90 Å². The highest BCUT2D eigenvalue weighted by molar-refractivity contribution is 5.99. The molecule has 10 nitrogen and oxygen atoms in total. The largest absolute Gasteiger partial charge is 0.468 e. The Hall–Kier alpha value is -2.65. The molecule has 0 saturated carbocycles. The zero-order valence-corrected chi connectivity index (χ0v) is 18.5. The van der Waals surface area contributed by atoms with E-state index in [1.807, 2.05) is 0 Å². The Morgan fingerprint density at radius 2 is 1.14 bits per heavy atom. The first kappa shape index (κ1) is 26.4. The molecule has 0 saturated heterocycles. The van der Waals surface area contributed by atoms with Crippen LogP contribution >= 0.6 is 0 Å². The summed E-state index contributed by atoms with van der Waals surface area (Å²) in [6.45, 7) is 10.5. The second-order valence-corrected chi connectivity index (χ2v) is 8.29. The number of imide groups is 1. The van der Waals surface area contributed by atoms with E-state index in [-0.39, 0.29) is 0 Å². The molecule has 0 aromatic heterocycles. The van der Waals surface area contributed by atoms with Gasteiger partial charge in [-0.1, -0.05) is 0 Å². The third-order valence-corrected chi connectivity index (χ3v) is 3.40. The number of hydrogen-bond acceptors (Lipinski definition) is 9. The van der Waals surface area contributed by atoms with Gasteiger partial charge in [0, 0.05) is 0 Å². The smallest absolute Gasteiger partial charge is 0.420 e. The molecular weight excluding hydrogens is 386 g/mol. The van der Waals surface area contributed by atoms with Gasteiger partial charge in [0.1, 0.15) is 28.9 Å². The molecule has 166 valence electrons. The second-order valence-electron chi connectivity index (χ2n) is 8.29. The van der Waals surface area contributed by atoms with Gasteiger partial charge in [-0.3, -0.25) is 9.59 Å². The number of nitrogens with zero attached hydrogens (tertiary/aromatic N) is 1. The van der Waals surface area contributed by atoms with Crippen LogP contribution in [0.15, 0.2) is 0 Å². The summed E-state index contributed by atoms with van der Waals surface area (Å²) in [5.74, 6) is -3.97. The van der Waals surface area contributed by atoms with Crippen LogP contribution in [0.1, 0.15) is 54.9 Å². The van der Waals surface area contributed by atoms with E-state index >= 15 is 0 Å². The predicted molar refractivity (Wildman–Crippen MR) is 101 cm³/mol. The van der Waals surface area contributed by atoms with E-state index < -0.39 is 59.5 Å². The molecule has 0 fully saturated rings. The SMILES string of the molecule is COC(=O)C(C[C@@H](C(=O)OC)N(C(=O)OC(C)(C)C)C(=O)OC(C)(C)C)C(C)=O. The fraction of sp³-hybridized carbons (Fsp3) is 0.737. The standard InChI is InChI=1S/C19H31NO9/c1-11(21)12(14(22)26-8)10-13(15(23)27-9)20(16(24)28-18(2,3)4)17(25)29-19(5,6)7/h12-13H,10H2,1-9H3/t12?,13-/m0/s1. The number of amides is 2. The zero-order valence-electron chi connectivity index (χ0n) is 18.5. The van der Waals surface area contributed by atoms with Crippen molar-refractivity contribution in [2.24, 2.45) is 5.92 Å². The first-order valence-corrected chi connectivity index (χ1v) is 8.95. The molecule has 0 aliphatic heterocycles. The first-order valence-electron chi connectivity index (χ1n) is 8.95. The Morgan fingerprint density at radius 3 is 1.41 bits per heavy atom. The van der Waals surface area contributed by atoms with Gasteiger partial charge in [0.25, 0.3) is 0 Å². The van der Waals surface area contributed by atoms with Crippen LogP contribution in [0.2, 0.25) is 0 Å². The van der Waals surface area contributed by atoms with Crippen LogP contribution in [0.25, 0.3) is 0 Å². The molecular formula is C19H31NO9. The number of hydrogen-bond donors (Lipinski definition) is 0. The maximum Gasteiger partial charge on any atom is 0.420 e. The van der Waals surface area contributed by atoms with Crippen LogP contribution in [0.4, 0.5) is 9.59 Å². The van der Waals surface area contributed by atoms with Crippen molar-refractivity contribution < 1.29 is 42.9 Å². The maximum atomic E-state index is 12.7. The van der Waals surface area contributed by atoms with Gasteiger partial charge < -0.3 is 18.9 Å². The lowest BCUT2D eigenvalue weighted by Gasteiger charge is -2.32. The molecule has 2 atom stereocenters. The van der Waals surface area contributed by atoms with E-state index in [4.69, 9.17) is 9.47 Å². The molecule has 0 heterocycles. The maximum absolute atomic E-state index is 12.7. The van der Waals surface area contributed by atoms with E-state index in [9.17, 15) is 24.0 Å². The van der Waals surface area contributed by atoms with Crippen molar-refractivity contribution >= 4 is 29.9 Å². The van der Waals surface area contributed by atoms with Gasteiger partial charge in [-0.2, -0.15) is 4.90 Å². The third-order valence-electron chi connectivity index (χ3n) is 3.40. The monoisotopic (exact) mass is 417 g/mol. The van der Waals surface area contributed by atoms with Gasteiger partial charge in [-0.25, -0.2) is 14.4 Å². The highest BCUT2D eigenvalue weighted by Gasteiger charge is 2.44. The van der Waals surface area contributed by atoms with Crippen LogP contribution < -0.4 is 0 Å². The molecule has 0 spiro atoms. The van der Waals surface area contributed by atoms with Crippen molar-refractivity contribution in [3.63, 3.8) is 0 Å². The van der Waals surface area contributed by atoms with E-state index in [1.54, 1.807) is 41.5 Å². The minimum atomic E-state index is -1.65. The quantitative estimate of drug-likeness (QED) is 0.364. The van der Waals surface area contributed by atoms with Crippen molar-refractivity contribution in [3.05, 3.63) is 0 Å². The van der Waals surface area contributed by atoms with Gasteiger partial charge in [0.05, 0.1) is 14.2 Å². The summed E-state index contributed by atoms with van der Waals surface area (Å²) in [6.07, 6.45) is -2.92. The molecule has 0 aromatic carbocycles. The fourth-order valence-electron chi connectivity index (χ4n) is 2.19. The summed E-state index contributed by atoms with van der Waals surface area (Å²) in [5.41, 5.74) is -2.00. The summed E-state index contributed by atoms with van der Waals surface area (Å²) in [7, 11) is 2.11. The summed E-state index contributed by atoms with van der Waals surface area (Å²) in [4.78, 5) is 62.2. The fourth-order valence-corrected chi connectivity index (χ4v) is 2.19. The molecule has 2 amide bonds. The summed E-state index contributed by atoms with van der Waals surface area (Å²) in [6, 6.07) is -1.65. The molecule has 1 unspecified atom stereocenters. The van der Waals surface area contributed by atoms with E-state index in [0.717, 1.165) is 21.1 Å². The zero-order chi connectivity index (χ0) is 23.2. The number of Topliss-reactive ketones (excluding diaryl/α,β-unsaturated/α-hetero) is 1. The molecule has 0 aliphatic carbocycles. The van der Waals surface area contributed by atoms with Crippen molar-refractivity contribution in [1.82, 2.24) is 4.90 Å². The molecule has 0 aliphatic rings. The van der Waals surface area contributed by atoms with Crippen LogP contribution in [0.3, 0.4) is 0 Å². The van der Waals surface area contributed by atoms with E-state index in [2.05, 4.69) is 9.47 Å². The first-order chi connectivity index (χ1) is 13.0. The average Bonchev–Trinajstić information content (AvgIpc) is 2.53. The Kier molecular flexibility index (Phi) is 9.29. The van der Waals surface area contributed by atoms with E-state index in [1.165, 1.54) is 0 Å². The van der Waals surface area contributed by atoms with Crippen LogP contribution in [0, 0.1) is 5.92 Å². The normalized spacial score (nSPS) is 13.6. The second kappa shape index (κ2) is 10.2. The Labute approximate surface area is 170 Å². The molecule has 0 rings (SSSR count). The molecule has 0 aromatic rings. The summed E-state index contributed by atoms with van der Waals surface area (Å²) < 4.78 is 19.7. The lowest BCUT2D eigenvalue weighted by Crippen LogP contribution is -2.53.